The number of allylic oxidation sites excluding steroid dienone is 2. The van der Waals surface area contributed by atoms with Crippen molar-refractivity contribution in [1.29, 1.82) is 0 Å². The van der Waals surface area contributed by atoms with Crippen LogP contribution in [0, 0.1) is 6.07 Å². The number of nitrogens with two attached hydrogens (primary N) is 1. The highest BCUT2D eigenvalue weighted by Gasteiger charge is 2.33. The molecular formula is C28H43N2O2. The third-order valence-electron chi connectivity index (χ3n) is 6.46. The molecule has 1 atom stereocenters. The number of hydrogen-bond donors (Lipinski definition) is 1. The first kappa shape index (κ1) is 26.2. The van der Waals surface area contributed by atoms with Crippen LogP contribution in [0.15, 0.2) is 30.4 Å². The van der Waals surface area contributed by atoms with Gasteiger partial charge in [0.2, 0.25) is 11.8 Å². The predicted molar refractivity (Wildman–Crippen MR) is 132 cm³/mol. The van der Waals surface area contributed by atoms with Crippen molar-refractivity contribution < 1.29 is 9.59 Å². The largest absolute Gasteiger partial charge is 0.368 e. The van der Waals surface area contributed by atoms with E-state index >= 15 is 0 Å². The van der Waals surface area contributed by atoms with Crippen molar-refractivity contribution >= 4 is 11.8 Å². The zero-order valence-corrected chi connectivity index (χ0v) is 20.1. The van der Waals surface area contributed by atoms with E-state index in [1.807, 2.05) is 12.1 Å². The molecule has 0 fully saturated rings. The Morgan fingerprint density at radius 3 is 2.28 bits per heavy atom. The highest BCUT2D eigenvalue weighted by molar-refractivity contribution is 5.88. The van der Waals surface area contributed by atoms with E-state index in [1.165, 1.54) is 64.2 Å². The minimum atomic E-state index is -0.635. The second-order valence-corrected chi connectivity index (χ2v) is 9.10. The molecule has 1 unspecified atom stereocenters. The van der Waals surface area contributed by atoms with Gasteiger partial charge in [0.15, 0.2) is 0 Å². The number of carbonyl (C=O) groups is 2. The number of carbonyl (C=O) groups excluding carboxylic acids is 2. The highest BCUT2D eigenvalue weighted by Crippen LogP contribution is 2.30. The Balaban J connectivity index is 1.54. The number of hydrogen-bond acceptors (Lipinski definition) is 2. The standard InChI is InChI=1S/C28H43N2O2/c1-2-3-4-5-6-7-8-9-10-11-12-13-14-15-16-21-26(31)30-23-22-24-19-17-18-20-25(24)27(30)28(29)32/h9-10,18-20,27H,2-8,11-16,21-23H2,1H3,(H2,29,32). The predicted octanol–water partition coefficient (Wildman–Crippen LogP) is 6.44. The van der Waals surface area contributed by atoms with Crippen molar-refractivity contribution in [2.45, 2.75) is 109 Å². The molecule has 1 aliphatic heterocycles. The molecule has 0 saturated carbocycles. The summed E-state index contributed by atoms with van der Waals surface area (Å²) in [7, 11) is 0. The van der Waals surface area contributed by atoms with E-state index in [0.29, 0.717) is 13.0 Å². The molecule has 0 bridgehead atoms. The van der Waals surface area contributed by atoms with Crippen LogP contribution in [0.1, 0.15) is 114 Å². The van der Waals surface area contributed by atoms with Gasteiger partial charge in [0.1, 0.15) is 6.04 Å². The van der Waals surface area contributed by atoms with Gasteiger partial charge in [-0.25, -0.2) is 0 Å². The smallest absolute Gasteiger partial charge is 0.244 e. The normalized spacial score (nSPS) is 15.8. The maximum atomic E-state index is 12.8. The van der Waals surface area contributed by atoms with Crippen LogP contribution >= 0.6 is 0 Å². The molecule has 4 nitrogen and oxygen atoms in total. The average Bonchev–Trinajstić information content (AvgIpc) is 2.80. The van der Waals surface area contributed by atoms with Gasteiger partial charge in [-0.3, -0.25) is 9.59 Å². The molecule has 0 spiro atoms. The topological polar surface area (TPSA) is 63.4 Å². The van der Waals surface area contributed by atoms with E-state index in [1.54, 1.807) is 11.0 Å². The van der Waals surface area contributed by atoms with E-state index in [4.69, 9.17) is 5.73 Å². The molecule has 0 aromatic heterocycles. The Labute approximate surface area is 195 Å². The lowest BCUT2D eigenvalue weighted by Crippen LogP contribution is -2.45. The molecule has 1 radical (unpaired) electrons. The van der Waals surface area contributed by atoms with Gasteiger partial charge in [0.25, 0.3) is 0 Å². The molecule has 2 N–H and O–H groups in total. The van der Waals surface area contributed by atoms with Crippen molar-refractivity contribution in [3.8, 4) is 0 Å². The first-order chi connectivity index (χ1) is 15.6. The van der Waals surface area contributed by atoms with E-state index in [0.717, 1.165) is 36.8 Å². The fourth-order valence-electron chi connectivity index (χ4n) is 4.56. The van der Waals surface area contributed by atoms with Crippen molar-refractivity contribution in [3.05, 3.63) is 47.5 Å². The third kappa shape index (κ3) is 9.18. The Hall–Kier alpha value is -2.10. The van der Waals surface area contributed by atoms with E-state index < -0.39 is 11.9 Å². The fraction of sp³-hybridized carbons (Fsp3) is 0.643. The van der Waals surface area contributed by atoms with Gasteiger partial charge in [-0.2, -0.15) is 0 Å². The molecule has 1 aliphatic rings. The Morgan fingerprint density at radius 1 is 1.00 bits per heavy atom. The van der Waals surface area contributed by atoms with Crippen LogP contribution in [0.25, 0.3) is 0 Å². The minimum Gasteiger partial charge on any atom is -0.368 e. The molecule has 32 heavy (non-hydrogen) atoms. The van der Waals surface area contributed by atoms with Crippen LogP contribution in [-0.4, -0.2) is 23.3 Å². The van der Waals surface area contributed by atoms with Gasteiger partial charge in [-0.1, -0.05) is 88.6 Å². The summed E-state index contributed by atoms with van der Waals surface area (Å²) in [5, 5.41) is 0. The van der Waals surface area contributed by atoms with Crippen molar-refractivity contribution in [2.75, 3.05) is 6.54 Å². The van der Waals surface area contributed by atoms with Crippen molar-refractivity contribution in [2.24, 2.45) is 5.73 Å². The maximum Gasteiger partial charge on any atom is 0.244 e. The lowest BCUT2D eigenvalue weighted by Gasteiger charge is -2.35. The maximum absolute atomic E-state index is 12.8. The van der Waals surface area contributed by atoms with Crippen LogP contribution in [0.2, 0.25) is 0 Å². The molecule has 0 saturated heterocycles. The highest BCUT2D eigenvalue weighted by atomic mass is 16.2. The van der Waals surface area contributed by atoms with E-state index in [-0.39, 0.29) is 5.91 Å². The second kappa shape index (κ2) is 15.7. The van der Waals surface area contributed by atoms with Crippen molar-refractivity contribution in [1.82, 2.24) is 4.90 Å². The second-order valence-electron chi connectivity index (χ2n) is 9.10. The number of rotatable bonds is 16. The van der Waals surface area contributed by atoms with Crippen LogP contribution < -0.4 is 5.73 Å². The number of nitrogens with zero attached hydrogens (tertiary/aromatic N) is 1. The third-order valence-corrected chi connectivity index (χ3v) is 6.46. The Bertz CT molecular complexity index is 713. The summed E-state index contributed by atoms with van der Waals surface area (Å²) in [6.45, 7) is 2.82. The molecule has 2 amide bonds. The fourth-order valence-corrected chi connectivity index (χ4v) is 4.56. The molecule has 0 aliphatic carbocycles. The monoisotopic (exact) mass is 439 g/mol. The molecule has 1 heterocycles. The Kier molecular flexibility index (Phi) is 12.8. The van der Waals surface area contributed by atoms with Gasteiger partial charge >= 0.3 is 0 Å². The number of benzene rings is 1. The lowest BCUT2D eigenvalue weighted by molar-refractivity contribution is -0.140. The number of amides is 2. The lowest BCUT2D eigenvalue weighted by atomic mass is 9.91. The van der Waals surface area contributed by atoms with Crippen LogP contribution in [0.4, 0.5) is 0 Å². The minimum absolute atomic E-state index is 0.0462. The molecule has 4 heteroatoms. The summed E-state index contributed by atoms with van der Waals surface area (Å²) in [4.78, 5) is 26.5. The zero-order chi connectivity index (χ0) is 23.0. The van der Waals surface area contributed by atoms with E-state index in [2.05, 4.69) is 25.1 Å². The molecule has 2 rings (SSSR count). The van der Waals surface area contributed by atoms with Crippen LogP contribution in [0.5, 0.6) is 0 Å². The van der Waals surface area contributed by atoms with E-state index in [9.17, 15) is 9.59 Å². The Morgan fingerprint density at radius 2 is 1.62 bits per heavy atom. The summed E-state index contributed by atoms with van der Waals surface area (Å²) in [6, 6.07) is 7.96. The number of fused-ring (bicyclic) bond motifs is 1. The average molecular weight is 440 g/mol. The quantitative estimate of drug-likeness (QED) is 0.238. The van der Waals surface area contributed by atoms with Crippen LogP contribution in [-0.2, 0) is 16.0 Å². The molecule has 1 aromatic carbocycles. The molecular weight excluding hydrogens is 396 g/mol. The van der Waals surface area contributed by atoms with Gasteiger partial charge in [-0.05, 0) is 55.7 Å². The molecule has 177 valence electrons. The first-order valence-electron chi connectivity index (χ1n) is 12.9. The number of primary amides is 1. The van der Waals surface area contributed by atoms with Gasteiger partial charge in [0.05, 0.1) is 0 Å². The summed E-state index contributed by atoms with van der Waals surface area (Å²) < 4.78 is 0. The number of unbranched alkanes of at least 4 members (excludes halogenated alkanes) is 11. The summed E-state index contributed by atoms with van der Waals surface area (Å²) >= 11 is 0. The van der Waals surface area contributed by atoms with Gasteiger partial charge in [0, 0.05) is 13.0 Å². The summed E-state index contributed by atoms with van der Waals surface area (Å²) in [5.74, 6) is -0.403. The zero-order valence-electron chi connectivity index (χ0n) is 20.1. The molecule has 1 aromatic rings. The van der Waals surface area contributed by atoms with Gasteiger partial charge in [-0.15, -0.1) is 0 Å². The summed E-state index contributed by atoms with van der Waals surface area (Å²) in [5.41, 5.74) is 7.58. The van der Waals surface area contributed by atoms with Crippen LogP contribution in [0.3, 0.4) is 0 Å². The van der Waals surface area contributed by atoms with Gasteiger partial charge < -0.3 is 10.6 Å². The summed E-state index contributed by atoms with van der Waals surface area (Å²) in [6.07, 6.45) is 22.0. The van der Waals surface area contributed by atoms with Crippen molar-refractivity contribution in [3.63, 3.8) is 0 Å². The first-order valence-corrected chi connectivity index (χ1v) is 12.9. The SMILES string of the molecule is CCCCCCCCC=CCCCCCCCC(=O)N1CCc2c[c]ccc2C1C(N)=O.